The Morgan fingerprint density at radius 1 is 1.21 bits per heavy atom. The summed E-state index contributed by atoms with van der Waals surface area (Å²) in [5.41, 5.74) is 0.850. The van der Waals surface area contributed by atoms with Gasteiger partial charge in [0.2, 0.25) is 10.0 Å². The molecule has 0 aliphatic carbocycles. The zero-order valence-electron chi connectivity index (χ0n) is 16.7. The van der Waals surface area contributed by atoms with Crippen molar-refractivity contribution in [2.24, 2.45) is 5.41 Å². The van der Waals surface area contributed by atoms with Crippen LogP contribution in [0.2, 0.25) is 0 Å². The van der Waals surface area contributed by atoms with Crippen molar-refractivity contribution in [2.75, 3.05) is 13.2 Å². The lowest BCUT2D eigenvalue weighted by molar-refractivity contribution is 0.0311. The number of nitrogens with zero attached hydrogens (tertiary/aromatic N) is 1. The zero-order valence-corrected chi connectivity index (χ0v) is 17.5. The normalized spacial score (nSPS) is 22.2. The molecule has 0 saturated carbocycles. The van der Waals surface area contributed by atoms with Crippen LogP contribution in [-0.4, -0.2) is 37.9 Å². The minimum atomic E-state index is -3.66. The first-order valence-corrected chi connectivity index (χ1v) is 11.0. The van der Waals surface area contributed by atoms with Crippen LogP contribution in [0, 0.1) is 24.7 Å². The highest BCUT2D eigenvalue weighted by atomic mass is 32.2. The Morgan fingerprint density at radius 2 is 1.86 bits per heavy atom. The number of carbonyl (C=O) groups is 1. The number of carbonyl (C=O) groups excluding carboxylic acids is 1. The number of hydrogen-bond donors (Lipinski definition) is 0. The van der Waals surface area contributed by atoms with Crippen molar-refractivity contribution in [3.05, 3.63) is 65.7 Å². The quantitative estimate of drug-likeness (QED) is 0.538. The Balaban J connectivity index is 1.79. The van der Waals surface area contributed by atoms with Gasteiger partial charge in [-0.1, -0.05) is 35.9 Å². The third kappa shape index (κ3) is 4.52. The number of hydrogen-bond acceptors (Lipinski definition) is 4. The van der Waals surface area contributed by atoms with Crippen LogP contribution in [-0.2, 0) is 14.8 Å². The van der Waals surface area contributed by atoms with E-state index in [1.807, 2.05) is 19.9 Å². The fourth-order valence-corrected chi connectivity index (χ4v) is 5.57. The summed E-state index contributed by atoms with van der Waals surface area (Å²) in [6.07, 6.45) is 6.45. The summed E-state index contributed by atoms with van der Waals surface area (Å²) in [6.45, 7) is 4.07. The predicted octanol–water partition coefficient (Wildman–Crippen LogP) is 3.64. The first kappa shape index (κ1) is 21.1. The van der Waals surface area contributed by atoms with Gasteiger partial charge in [0, 0.05) is 24.4 Å². The molecule has 1 heterocycles. The van der Waals surface area contributed by atoms with Crippen molar-refractivity contribution < 1.29 is 17.9 Å². The minimum Gasteiger partial charge on any atom is -0.461 e. The Hall–Kier alpha value is -2.62. The topological polar surface area (TPSA) is 63.7 Å². The molecular weight excluding hydrogens is 386 g/mol. The van der Waals surface area contributed by atoms with Crippen LogP contribution < -0.4 is 0 Å². The SMILES string of the molecule is C#CCC1(COC(=O)c2ccccc2)CC(C)N(S(=O)(=O)c2ccc(C)cc2)C1. The van der Waals surface area contributed by atoms with Crippen molar-refractivity contribution in [2.45, 2.75) is 37.6 Å². The molecule has 1 aliphatic rings. The molecule has 1 fully saturated rings. The third-order valence-corrected chi connectivity index (χ3v) is 7.31. The van der Waals surface area contributed by atoms with Gasteiger partial charge in [0.05, 0.1) is 17.1 Å². The Morgan fingerprint density at radius 3 is 2.48 bits per heavy atom. The summed E-state index contributed by atoms with van der Waals surface area (Å²) < 4.78 is 33.4. The molecule has 0 spiro atoms. The molecule has 2 aromatic carbocycles. The summed E-state index contributed by atoms with van der Waals surface area (Å²) in [5.74, 6) is 2.21. The van der Waals surface area contributed by atoms with Crippen LogP contribution in [0.25, 0.3) is 0 Å². The van der Waals surface area contributed by atoms with E-state index in [1.165, 1.54) is 4.31 Å². The molecule has 5 nitrogen and oxygen atoms in total. The van der Waals surface area contributed by atoms with Crippen LogP contribution in [0.3, 0.4) is 0 Å². The van der Waals surface area contributed by atoms with E-state index in [-0.39, 0.29) is 24.1 Å². The van der Waals surface area contributed by atoms with Crippen LogP contribution >= 0.6 is 0 Å². The second kappa shape index (κ2) is 8.40. The van der Waals surface area contributed by atoms with Gasteiger partial charge in [0.25, 0.3) is 0 Å². The summed E-state index contributed by atoms with van der Waals surface area (Å²) >= 11 is 0. The largest absolute Gasteiger partial charge is 0.461 e. The molecule has 0 aromatic heterocycles. The lowest BCUT2D eigenvalue weighted by atomic mass is 9.83. The average molecular weight is 412 g/mol. The fraction of sp³-hybridized carbons (Fsp3) is 0.348. The van der Waals surface area contributed by atoms with Gasteiger partial charge in [-0.25, -0.2) is 13.2 Å². The van der Waals surface area contributed by atoms with E-state index in [9.17, 15) is 13.2 Å². The van der Waals surface area contributed by atoms with E-state index in [4.69, 9.17) is 11.2 Å². The highest BCUT2D eigenvalue weighted by molar-refractivity contribution is 7.89. The highest BCUT2D eigenvalue weighted by Crippen LogP contribution is 2.41. The maximum absolute atomic E-state index is 13.2. The van der Waals surface area contributed by atoms with Crippen molar-refractivity contribution in [3.8, 4) is 12.3 Å². The molecule has 2 unspecified atom stereocenters. The predicted molar refractivity (Wildman–Crippen MR) is 112 cm³/mol. The van der Waals surface area contributed by atoms with Gasteiger partial charge >= 0.3 is 5.97 Å². The number of aryl methyl sites for hydroxylation is 1. The summed E-state index contributed by atoms with van der Waals surface area (Å²) in [6, 6.07) is 15.3. The fourth-order valence-electron chi connectivity index (χ4n) is 3.82. The molecule has 29 heavy (non-hydrogen) atoms. The zero-order chi connectivity index (χ0) is 21.1. The number of ether oxygens (including phenoxy) is 1. The Labute approximate surface area is 172 Å². The maximum atomic E-state index is 13.2. The molecule has 0 N–H and O–H groups in total. The van der Waals surface area contributed by atoms with Crippen LogP contribution in [0.1, 0.15) is 35.7 Å². The summed E-state index contributed by atoms with van der Waals surface area (Å²) in [5, 5.41) is 0. The number of benzene rings is 2. The monoisotopic (exact) mass is 411 g/mol. The van der Waals surface area contributed by atoms with Gasteiger partial charge in [-0.2, -0.15) is 4.31 Å². The van der Waals surface area contributed by atoms with Crippen LogP contribution in [0.15, 0.2) is 59.5 Å². The molecular formula is C23H25NO4S. The standard InChI is InChI=1S/C23H25NO4S/c1-4-14-23(17-28-22(25)20-8-6-5-7-9-20)15-19(3)24(16-23)29(26,27)21-12-10-18(2)11-13-21/h1,5-13,19H,14-17H2,2-3H3. The van der Waals surface area contributed by atoms with E-state index in [2.05, 4.69) is 5.92 Å². The van der Waals surface area contributed by atoms with E-state index >= 15 is 0 Å². The minimum absolute atomic E-state index is 0.0786. The molecule has 3 rings (SSSR count). The Kier molecular flexibility index (Phi) is 6.11. The Bertz CT molecular complexity index is 1010. The van der Waals surface area contributed by atoms with E-state index in [0.29, 0.717) is 18.4 Å². The molecule has 6 heteroatoms. The third-order valence-electron chi connectivity index (χ3n) is 5.33. The lowest BCUT2D eigenvalue weighted by Crippen LogP contribution is -2.37. The van der Waals surface area contributed by atoms with Gasteiger partial charge in [-0.05, 0) is 44.5 Å². The molecule has 0 bridgehead atoms. The molecule has 2 aromatic rings. The van der Waals surface area contributed by atoms with Gasteiger partial charge in [0.1, 0.15) is 0 Å². The van der Waals surface area contributed by atoms with Crippen molar-refractivity contribution in [1.82, 2.24) is 4.31 Å². The summed E-state index contributed by atoms with van der Waals surface area (Å²) in [7, 11) is -3.66. The number of rotatable bonds is 6. The second-order valence-electron chi connectivity index (χ2n) is 7.74. The lowest BCUT2D eigenvalue weighted by Gasteiger charge is -2.27. The maximum Gasteiger partial charge on any atom is 0.338 e. The molecule has 0 amide bonds. The number of terminal acetylenes is 1. The van der Waals surface area contributed by atoms with Crippen molar-refractivity contribution >= 4 is 16.0 Å². The van der Waals surface area contributed by atoms with Crippen molar-refractivity contribution in [1.29, 1.82) is 0 Å². The molecule has 2 atom stereocenters. The van der Waals surface area contributed by atoms with Crippen molar-refractivity contribution in [3.63, 3.8) is 0 Å². The molecule has 0 radical (unpaired) electrons. The first-order chi connectivity index (χ1) is 13.8. The van der Waals surface area contributed by atoms with E-state index in [1.54, 1.807) is 48.5 Å². The van der Waals surface area contributed by atoms with Crippen LogP contribution in [0.5, 0.6) is 0 Å². The number of esters is 1. The van der Waals surface area contributed by atoms with Gasteiger partial charge < -0.3 is 4.74 Å². The molecule has 1 aliphatic heterocycles. The van der Waals surface area contributed by atoms with E-state index < -0.39 is 21.4 Å². The van der Waals surface area contributed by atoms with Gasteiger partial charge in [-0.15, -0.1) is 12.3 Å². The number of sulfonamides is 1. The van der Waals surface area contributed by atoms with Gasteiger partial charge in [-0.3, -0.25) is 0 Å². The first-order valence-electron chi connectivity index (χ1n) is 9.52. The van der Waals surface area contributed by atoms with Crippen LogP contribution in [0.4, 0.5) is 0 Å². The van der Waals surface area contributed by atoms with Gasteiger partial charge in [0.15, 0.2) is 0 Å². The average Bonchev–Trinajstić information content (AvgIpc) is 3.05. The summed E-state index contributed by atoms with van der Waals surface area (Å²) in [4.78, 5) is 12.6. The van der Waals surface area contributed by atoms with E-state index in [0.717, 1.165) is 5.56 Å². The smallest absolute Gasteiger partial charge is 0.338 e. The second-order valence-corrected chi connectivity index (χ2v) is 9.63. The highest BCUT2D eigenvalue weighted by Gasteiger charge is 2.47. The molecule has 152 valence electrons. The molecule has 1 saturated heterocycles.